The lowest BCUT2D eigenvalue weighted by molar-refractivity contribution is 0.146. The predicted octanol–water partition coefficient (Wildman–Crippen LogP) is 2.92. The van der Waals surface area contributed by atoms with Crippen molar-refractivity contribution < 1.29 is 8.78 Å². The molecule has 2 aromatic carbocycles. The quantitative estimate of drug-likeness (QED) is 0.755. The first kappa shape index (κ1) is 20.7. The van der Waals surface area contributed by atoms with Crippen LogP contribution in [0.4, 0.5) is 14.5 Å². The lowest BCUT2D eigenvalue weighted by Crippen LogP contribution is -2.59. The van der Waals surface area contributed by atoms with Crippen LogP contribution >= 0.6 is 0 Å². The Labute approximate surface area is 186 Å². The average Bonchev–Trinajstić information content (AvgIpc) is 3.20. The summed E-state index contributed by atoms with van der Waals surface area (Å²) in [7, 11) is 2.14. The van der Waals surface area contributed by atoms with Crippen molar-refractivity contribution in [2.45, 2.75) is 12.3 Å². The number of amidine groups is 1. The van der Waals surface area contributed by atoms with E-state index in [2.05, 4.69) is 57.0 Å². The van der Waals surface area contributed by atoms with Gasteiger partial charge in [-0.3, -0.25) is 15.6 Å². The number of allylic oxidation sites excluding steroid dienone is 2. The van der Waals surface area contributed by atoms with Crippen LogP contribution in [-0.4, -0.2) is 48.9 Å². The summed E-state index contributed by atoms with van der Waals surface area (Å²) >= 11 is 0. The van der Waals surface area contributed by atoms with Gasteiger partial charge in [-0.25, -0.2) is 8.78 Å². The summed E-state index contributed by atoms with van der Waals surface area (Å²) in [6, 6.07) is 11.8. The molecule has 5 rings (SSSR count). The molecule has 1 saturated heterocycles. The lowest BCUT2D eigenvalue weighted by atomic mass is 10.0. The molecular weight excluding hydrogens is 410 g/mol. The van der Waals surface area contributed by atoms with E-state index in [1.807, 2.05) is 29.3 Å². The number of piperazine rings is 1. The van der Waals surface area contributed by atoms with Gasteiger partial charge < -0.3 is 9.80 Å². The molecule has 1 atom stereocenters. The van der Waals surface area contributed by atoms with E-state index in [0.717, 1.165) is 49.7 Å². The van der Waals surface area contributed by atoms with Gasteiger partial charge in [0.1, 0.15) is 11.6 Å². The number of hydrazone groups is 1. The van der Waals surface area contributed by atoms with Crippen LogP contribution in [0.3, 0.4) is 0 Å². The topological polar surface area (TPSA) is 46.1 Å². The summed E-state index contributed by atoms with van der Waals surface area (Å²) in [5.41, 5.74) is 5.55. The number of nitrogens with zero attached hydrogens (tertiary/aromatic N) is 4. The molecule has 0 amide bonds. The Kier molecular flexibility index (Phi) is 5.40. The van der Waals surface area contributed by atoms with E-state index in [0.29, 0.717) is 0 Å². The van der Waals surface area contributed by atoms with Crippen LogP contribution in [-0.2, 0) is 12.3 Å². The van der Waals surface area contributed by atoms with Gasteiger partial charge in [-0.05, 0) is 49.5 Å². The molecule has 1 fully saturated rings. The van der Waals surface area contributed by atoms with Crippen LogP contribution < -0.4 is 15.6 Å². The Hall–Kier alpha value is -3.23. The second-order valence-electron chi connectivity index (χ2n) is 8.29. The number of hydrogen-bond donors (Lipinski definition) is 2. The molecule has 1 unspecified atom stereocenters. The Morgan fingerprint density at radius 2 is 1.81 bits per heavy atom. The SMILES string of the molecule is CN1CCN(c2ccc(C3(NCc4cc(F)ccc4F)NN=C4C=CC=CN43)cc2)CC1. The molecule has 3 aliphatic heterocycles. The minimum atomic E-state index is -0.921. The van der Waals surface area contributed by atoms with E-state index in [-0.39, 0.29) is 12.1 Å². The second kappa shape index (κ2) is 8.37. The van der Waals surface area contributed by atoms with Crippen molar-refractivity contribution >= 4 is 11.5 Å². The highest BCUT2D eigenvalue weighted by molar-refractivity contribution is 5.96. The van der Waals surface area contributed by atoms with Crippen LogP contribution in [0.15, 0.2) is 72.0 Å². The number of likely N-dealkylation sites (N-methyl/N-ethyl adjacent to an activating group) is 1. The second-order valence-corrected chi connectivity index (χ2v) is 8.29. The Morgan fingerprint density at radius 3 is 2.59 bits per heavy atom. The van der Waals surface area contributed by atoms with Crippen molar-refractivity contribution in [1.82, 2.24) is 20.5 Å². The van der Waals surface area contributed by atoms with Crippen LogP contribution in [0.1, 0.15) is 11.1 Å². The lowest BCUT2D eigenvalue weighted by Gasteiger charge is -2.39. The van der Waals surface area contributed by atoms with Crippen molar-refractivity contribution in [3.63, 3.8) is 0 Å². The maximum absolute atomic E-state index is 14.3. The normalized spacial score (nSPS) is 22.7. The predicted molar refractivity (Wildman–Crippen MR) is 122 cm³/mol. The van der Waals surface area contributed by atoms with Gasteiger partial charge in [-0.2, -0.15) is 5.10 Å². The first-order chi connectivity index (χ1) is 15.5. The van der Waals surface area contributed by atoms with Gasteiger partial charge >= 0.3 is 0 Å². The standard InChI is InChI=1S/C24H26F2N6/c1-30-12-14-31(15-13-30)21-8-5-19(6-9-21)24(29-28-23-4-2-3-11-32(23)24)27-17-18-16-20(25)7-10-22(18)26/h2-11,16,27,29H,12-15,17H2,1H3. The van der Waals surface area contributed by atoms with Gasteiger partial charge in [0.2, 0.25) is 5.79 Å². The minimum absolute atomic E-state index is 0.119. The van der Waals surface area contributed by atoms with Crippen LogP contribution in [0.25, 0.3) is 0 Å². The fraction of sp³-hybridized carbons (Fsp3) is 0.292. The van der Waals surface area contributed by atoms with Gasteiger partial charge in [0, 0.05) is 55.7 Å². The number of nitrogens with one attached hydrogen (secondary N) is 2. The number of hydrogen-bond acceptors (Lipinski definition) is 6. The minimum Gasteiger partial charge on any atom is -0.369 e. The van der Waals surface area contributed by atoms with E-state index in [9.17, 15) is 8.78 Å². The summed E-state index contributed by atoms with van der Waals surface area (Å²) in [5, 5.41) is 7.86. The zero-order chi connectivity index (χ0) is 22.1. The number of benzene rings is 2. The summed E-state index contributed by atoms with van der Waals surface area (Å²) in [6.07, 6.45) is 7.65. The zero-order valence-electron chi connectivity index (χ0n) is 17.9. The molecule has 3 aliphatic rings. The Morgan fingerprint density at radius 1 is 1.03 bits per heavy atom. The molecule has 0 saturated carbocycles. The molecule has 0 aromatic heterocycles. The maximum atomic E-state index is 14.3. The molecule has 2 aromatic rings. The highest BCUT2D eigenvalue weighted by atomic mass is 19.1. The number of fused-ring (bicyclic) bond motifs is 1. The molecule has 3 heterocycles. The van der Waals surface area contributed by atoms with Gasteiger partial charge in [0.15, 0.2) is 5.84 Å². The highest BCUT2D eigenvalue weighted by Crippen LogP contribution is 2.32. The van der Waals surface area contributed by atoms with Gasteiger partial charge in [0.25, 0.3) is 0 Å². The monoisotopic (exact) mass is 436 g/mol. The van der Waals surface area contributed by atoms with Crippen molar-refractivity contribution in [2.75, 3.05) is 38.1 Å². The number of anilines is 1. The molecule has 8 heteroatoms. The molecule has 32 heavy (non-hydrogen) atoms. The summed E-state index contributed by atoms with van der Waals surface area (Å²) < 4.78 is 28.0. The molecular formula is C24H26F2N6. The largest absolute Gasteiger partial charge is 0.369 e. The third-order valence-corrected chi connectivity index (χ3v) is 6.23. The fourth-order valence-electron chi connectivity index (χ4n) is 4.31. The van der Waals surface area contributed by atoms with Crippen molar-refractivity contribution in [3.05, 3.63) is 89.7 Å². The molecule has 6 nitrogen and oxygen atoms in total. The van der Waals surface area contributed by atoms with E-state index < -0.39 is 17.4 Å². The first-order valence-electron chi connectivity index (χ1n) is 10.8. The summed E-state index contributed by atoms with van der Waals surface area (Å²) in [4.78, 5) is 6.67. The van der Waals surface area contributed by atoms with Crippen molar-refractivity contribution in [3.8, 4) is 0 Å². The van der Waals surface area contributed by atoms with Crippen LogP contribution in [0, 0.1) is 11.6 Å². The molecule has 166 valence electrons. The molecule has 0 spiro atoms. The summed E-state index contributed by atoms with van der Waals surface area (Å²) in [6.45, 7) is 4.17. The third kappa shape index (κ3) is 3.76. The molecule has 2 N–H and O–H groups in total. The van der Waals surface area contributed by atoms with E-state index in [1.165, 1.54) is 11.8 Å². The zero-order valence-corrected chi connectivity index (χ0v) is 17.9. The molecule has 0 aliphatic carbocycles. The molecule has 0 radical (unpaired) electrons. The third-order valence-electron chi connectivity index (χ3n) is 6.23. The fourth-order valence-corrected chi connectivity index (χ4v) is 4.31. The van der Waals surface area contributed by atoms with Crippen LogP contribution in [0.5, 0.6) is 0 Å². The van der Waals surface area contributed by atoms with Gasteiger partial charge in [0.05, 0.1) is 0 Å². The van der Waals surface area contributed by atoms with E-state index >= 15 is 0 Å². The van der Waals surface area contributed by atoms with E-state index in [1.54, 1.807) is 0 Å². The average molecular weight is 437 g/mol. The van der Waals surface area contributed by atoms with E-state index in [4.69, 9.17) is 0 Å². The summed E-state index contributed by atoms with van der Waals surface area (Å²) in [5.74, 6) is -1.10. The number of rotatable bonds is 5. The van der Waals surface area contributed by atoms with Crippen molar-refractivity contribution in [1.29, 1.82) is 0 Å². The van der Waals surface area contributed by atoms with Gasteiger partial charge in [-0.1, -0.05) is 18.2 Å². The Bertz CT molecular complexity index is 1070. The smallest absolute Gasteiger partial charge is 0.214 e. The van der Waals surface area contributed by atoms with Crippen LogP contribution in [0.2, 0.25) is 0 Å². The first-order valence-corrected chi connectivity index (χ1v) is 10.8. The number of halogens is 2. The maximum Gasteiger partial charge on any atom is 0.214 e. The Balaban J connectivity index is 1.43. The van der Waals surface area contributed by atoms with Gasteiger partial charge in [-0.15, -0.1) is 0 Å². The highest BCUT2D eigenvalue weighted by Gasteiger charge is 2.43. The van der Waals surface area contributed by atoms with Crippen molar-refractivity contribution in [2.24, 2.45) is 5.10 Å². The molecule has 0 bridgehead atoms.